The van der Waals surface area contributed by atoms with Gasteiger partial charge in [0.25, 0.3) is 5.91 Å². The molecule has 3 nitrogen and oxygen atoms in total. The number of rotatable bonds is 2. The summed E-state index contributed by atoms with van der Waals surface area (Å²) in [5, 5.41) is 2.29. The first-order chi connectivity index (χ1) is 8.18. The second-order valence-corrected chi connectivity index (χ2v) is 3.29. The summed E-state index contributed by atoms with van der Waals surface area (Å²) in [7, 11) is 0. The van der Waals surface area contributed by atoms with Crippen molar-refractivity contribution in [1.82, 2.24) is 4.98 Å². The zero-order chi connectivity index (χ0) is 12.3. The molecule has 1 aromatic carbocycles. The first-order valence-electron chi connectivity index (χ1n) is 4.84. The summed E-state index contributed by atoms with van der Waals surface area (Å²) in [6, 6.07) is 6.90. The Hall–Kier alpha value is -2.30. The molecule has 0 saturated carbocycles. The number of benzene rings is 1. The molecule has 5 heteroatoms. The number of anilines is 1. The Bertz CT molecular complexity index is 558. The van der Waals surface area contributed by atoms with Crippen molar-refractivity contribution in [3.63, 3.8) is 0 Å². The number of aromatic nitrogens is 1. The highest BCUT2D eigenvalue weighted by atomic mass is 19.1. The van der Waals surface area contributed by atoms with Crippen molar-refractivity contribution in [3.8, 4) is 0 Å². The fourth-order valence-corrected chi connectivity index (χ4v) is 1.31. The van der Waals surface area contributed by atoms with E-state index in [0.29, 0.717) is 0 Å². The highest BCUT2D eigenvalue weighted by Gasteiger charge is 2.12. The minimum atomic E-state index is -0.749. The van der Waals surface area contributed by atoms with Gasteiger partial charge in [-0.15, -0.1) is 0 Å². The number of hydrogen-bond acceptors (Lipinski definition) is 2. The lowest BCUT2D eigenvalue weighted by atomic mass is 10.2. The Morgan fingerprint density at radius 3 is 2.59 bits per heavy atom. The van der Waals surface area contributed by atoms with Crippen LogP contribution in [0.15, 0.2) is 42.7 Å². The molecular formula is C12H8F2N2O. The van der Waals surface area contributed by atoms with Crippen LogP contribution in [0.25, 0.3) is 0 Å². The van der Waals surface area contributed by atoms with Gasteiger partial charge >= 0.3 is 0 Å². The van der Waals surface area contributed by atoms with Gasteiger partial charge in [-0.05, 0) is 18.2 Å². The summed E-state index contributed by atoms with van der Waals surface area (Å²) in [6.07, 6.45) is 2.22. The van der Waals surface area contributed by atoms with E-state index in [2.05, 4.69) is 10.3 Å². The van der Waals surface area contributed by atoms with Crippen LogP contribution in [0.1, 0.15) is 10.4 Å². The molecule has 1 amide bonds. The van der Waals surface area contributed by atoms with Gasteiger partial charge in [0.1, 0.15) is 5.82 Å². The van der Waals surface area contributed by atoms with Crippen molar-refractivity contribution in [3.05, 3.63) is 59.9 Å². The van der Waals surface area contributed by atoms with E-state index in [-0.39, 0.29) is 11.3 Å². The van der Waals surface area contributed by atoms with Crippen LogP contribution in [0.5, 0.6) is 0 Å². The van der Waals surface area contributed by atoms with Crippen LogP contribution < -0.4 is 5.32 Å². The van der Waals surface area contributed by atoms with Gasteiger partial charge in [-0.25, -0.2) is 8.78 Å². The summed E-state index contributed by atoms with van der Waals surface area (Å²) < 4.78 is 26.5. The van der Waals surface area contributed by atoms with Crippen LogP contribution >= 0.6 is 0 Å². The standard InChI is InChI=1S/C12H8F2N2O/c13-9-3-1-2-4-11(9)16-12(17)8-5-6-15-7-10(8)14/h1-7H,(H,16,17). The minimum absolute atomic E-state index is 0.00807. The normalized spacial score (nSPS) is 10.0. The molecule has 0 saturated heterocycles. The number of halogens is 2. The third kappa shape index (κ3) is 2.44. The zero-order valence-corrected chi connectivity index (χ0v) is 8.65. The Labute approximate surface area is 96.1 Å². The third-order valence-electron chi connectivity index (χ3n) is 2.14. The molecule has 17 heavy (non-hydrogen) atoms. The fraction of sp³-hybridized carbons (Fsp3) is 0. The fourth-order valence-electron chi connectivity index (χ4n) is 1.31. The number of nitrogens with zero attached hydrogens (tertiary/aromatic N) is 1. The van der Waals surface area contributed by atoms with Crippen molar-refractivity contribution >= 4 is 11.6 Å². The van der Waals surface area contributed by atoms with Gasteiger partial charge in [0, 0.05) is 6.20 Å². The number of hydrogen-bond donors (Lipinski definition) is 1. The summed E-state index contributed by atoms with van der Waals surface area (Å²) in [5.41, 5.74) is -0.169. The molecule has 2 aromatic rings. The molecule has 1 heterocycles. The number of nitrogens with one attached hydrogen (secondary N) is 1. The highest BCUT2D eigenvalue weighted by molar-refractivity contribution is 6.04. The zero-order valence-electron chi connectivity index (χ0n) is 8.65. The summed E-state index contributed by atoms with van der Waals surface area (Å²) in [5.74, 6) is -2.04. The summed E-state index contributed by atoms with van der Waals surface area (Å²) >= 11 is 0. The Balaban J connectivity index is 2.24. The largest absolute Gasteiger partial charge is 0.319 e. The first-order valence-corrected chi connectivity index (χ1v) is 4.84. The average Bonchev–Trinajstić information content (AvgIpc) is 2.32. The van der Waals surface area contributed by atoms with Crippen molar-refractivity contribution < 1.29 is 13.6 Å². The molecule has 0 spiro atoms. The number of amides is 1. The predicted molar refractivity (Wildman–Crippen MR) is 58.5 cm³/mol. The molecule has 1 aromatic heterocycles. The van der Waals surface area contributed by atoms with E-state index in [1.54, 1.807) is 6.07 Å². The smallest absolute Gasteiger partial charge is 0.258 e. The lowest BCUT2D eigenvalue weighted by molar-refractivity contribution is 0.102. The minimum Gasteiger partial charge on any atom is -0.319 e. The maximum Gasteiger partial charge on any atom is 0.258 e. The van der Waals surface area contributed by atoms with Gasteiger partial charge in [0.2, 0.25) is 0 Å². The van der Waals surface area contributed by atoms with Crippen molar-refractivity contribution in [2.45, 2.75) is 0 Å². The third-order valence-corrected chi connectivity index (χ3v) is 2.14. The molecule has 0 unspecified atom stereocenters. The molecule has 0 bridgehead atoms. The van der Waals surface area contributed by atoms with Gasteiger partial charge < -0.3 is 5.32 Å². The molecule has 1 N–H and O–H groups in total. The quantitative estimate of drug-likeness (QED) is 0.867. The Kier molecular flexibility index (Phi) is 3.09. The molecular weight excluding hydrogens is 226 g/mol. The topological polar surface area (TPSA) is 42.0 Å². The van der Waals surface area contributed by atoms with Gasteiger partial charge in [-0.1, -0.05) is 12.1 Å². The van der Waals surface area contributed by atoms with Gasteiger partial charge in [-0.3, -0.25) is 9.78 Å². The van der Waals surface area contributed by atoms with E-state index in [1.165, 1.54) is 30.5 Å². The van der Waals surface area contributed by atoms with Gasteiger partial charge in [0.05, 0.1) is 17.4 Å². The molecule has 0 atom stereocenters. The Morgan fingerprint density at radius 2 is 1.88 bits per heavy atom. The maximum atomic E-state index is 13.2. The van der Waals surface area contributed by atoms with E-state index in [1.807, 2.05) is 0 Å². The highest BCUT2D eigenvalue weighted by Crippen LogP contribution is 2.14. The van der Waals surface area contributed by atoms with Crippen LogP contribution in [-0.2, 0) is 0 Å². The van der Waals surface area contributed by atoms with Crippen molar-refractivity contribution in [1.29, 1.82) is 0 Å². The molecule has 0 aliphatic carbocycles. The van der Waals surface area contributed by atoms with Gasteiger partial charge in [-0.2, -0.15) is 0 Å². The SMILES string of the molecule is O=C(Nc1ccccc1F)c1ccncc1F. The van der Waals surface area contributed by atoms with Crippen molar-refractivity contribution in [2.24, 2.45) is 0 Å². The molecule has 0 aliphatic heterocycles. The van der Waals surface area contributed by atoms with E-state index in [4.69, 9.17) is 0 Å². The summed E-state index contributed by atoms with van der Waals surface area (Å²) in [4.78, 5) is 15.2. The van der Waals surface area contributed by atoms with E-state index in [0.717, 1.165) is 6.20 Å². The number of carbonyl (C=O) groups is 1. The predicted octanol–water partition coefficient (Wildman–Crippen LogP) is 2.61. The first kappa shape index (κ1) is 11.2. The van der Waals surface area contributed by atoms with E-state index < -0.39 is 17.5 Å². The lowest BCUT2D eigenvalue weighted by Crippen LogP contribution is -2.14. The second-order valence-electron chi connectivity index (χ2n) is 3.29. The van der Waals surface area contributed by atoms with Crippen LogP contribution in [0.2, 0.25) is 0 Å². The molecule has 86 valence electrons. The maximum absolute atomic E-state index is 13.2. The Morgan fingerprint density at radius 1 is 1.12 bits per heavy atom. The molecule has 0 fully saturated rings. The number of pyridine rings is 1. The van der Waals surface area contributed by atoms with E-state index >= 15 is 0 Å². The summed E-state index contributed by atoms with van der Waals surface area (Å²) in [6.45, 7) is 0. The molecule has 0 radical (unpaired) electrons. The number of carbonyl (C=O) groups excluding carboxylic acids is 1. The molecule has 2 rings (SSSR count). The monoisotopic (exact) mass is 234 g/mol. The van der Waals surface area contributed by atoms with Crippen LogP contribution in [0.4, 0.5) is 14.5 Å². The molecule has 0 aliphatic rings. The number of para-hydroxylation sites is 1. The second kappa shape index (κ2) is 4.69. The van der Waals surface area contributed by atoms with E-state index in [9.17, 15) is 13.6 Å². The van der Waals surface area contributed by atoms with Gasteiger partial charge in [0.15, 0.2) is 5.82 Å². The average molecular weight is 234 g/mol. The van der Waals surface area contributed by atoms with Crippen molar-refractivity contribution in [2.75, 3.05) is 5.32 Å². The van der Waals surface area contributed by atoms with Crippen LogP contribution in [0.3, 0.4) is 0 Å². The lowest BCUT2D eigenvalue weighted by Gasteiger charge is -2.06. The van der Waals surface area contributed by atoms with Crippen LogP contribution in [-0.4, -0.2) is 10.9 Å². The van der Waals surface area contributed by atoms with Crippen LogP contribution in [0, 0.1) is 11.6 Å².